The summed E-state index contributed by atoms with van der Waals surface area (Å²) in [5.41, 5.74) is 1.77. The van der Waals surface area contributed by atoms with Gasteiger partial charge in [0.25, 0.3) is 0 Å². The second-order valence-electron chi connectivity index (χ2n) is 20.8. The predicted octanol–water partition coefficient (Wildman–Crippen LogP) is 5.89. The van der Waals surface area contributed by atoms with Gasteiger partial charge in [-0.15, -0.1) is 5.10 Å². The highest BCUT2D eigenvalue weighted by Gasteiger charge is 2.48. The maximum Gasteiger partial charge on any atom is 0.475 e. The van der Waals surface area contributed by atoms with Gasteiger partial charge in [-0.1, -0.05) is 65.8 Å². The van der Waals surface area contributed by atoms with Crippen molar-refractivity contribution in [3.05, 3.63) is 41.7 Å². The second kappa shape index (κ2) is 33.8. The van der Waals surface area contributed by atoms with Crippen LogP contribution in [-0.4, -0.2) is 201 Å². The molecule has 0 spiro atoms. The summed E-state index contributed by atoms with van der Waals surface area (Å²) < 4.78 is 85.7. The number of nitrogens with zero attached hydrogens (tertiary/aromatic N) is 3. The molecule has 3 saturated heterocycles. The van der Waals surface area contributed by atoms with Gasteiger partial charge < -0.3 is 58.0 Å². The van der Waals surface area contributed by atoms with Crippen molar-refractivity contribution in [3.8, 4) is 0 Å². The first-order chi connectivity index (χ1) is 36.9. The lowest BCUT2D eigenvalue weighted by Gasteiger charge is -2.41. The van der Waals surface area contributed by atoms with Crippen LogP contribution in [0, 0.1) is 17.8 Å². The van der Waals surface area contributed by atoms with Crippen LogP contribution in [0.15, 0.2) is 35.4 Å². The number of aryl methyl sites for hydroxylation is 1. The number of aliphatic hydroxyl groups excluding tert-OH is 3. The standard InChI is InChI=1S/C53H88N3O18PS2/c1-35-38(4)72-47(51(35)64-9)34-70-75(62,74-52-36(2)39(5)71-46(52)33-63-8)69-22-17-40-12-10-11-13-48(40)76-77-53(6,7)19-16-42(58)15-14-41-31-56(55-54-41)20-23-66-25-27-68-29-28-67-26-24-65-21-18-43(59)30-44-37(3)49(60)50(61)45(32-57)73-44/h10-13,31,35-39,44-47,49-52,57,60-61H,14-30,32-34H2,1-9H3. The van der Waals surface area contributed by atoms with E-state index in [1.54, 1.807) is 47.4 Å². The molecule has 0 amide bonds. The van der Waals surface area contributed by atoms with Crippen LogP contribution in [0.5, 0.6) is 0 Å². The van der Waals surface area contributed by atoms with Crippen molar-refractivity contribution < 1.29 is 85.7 Å². The van der Waals surface area contributed by atoms with Crippen molar-refractivity contribution >= 4 is 41.0 Å². The molecule has 3 aliphatic heterocycles. The highest BCUT2D eigenvalue weighted by molar-refractivity contribution is 8.77. The molecule has 1 aromatic heterocycles. The van der Waals surface area contributed by atoms with Gasteiger partial charge in [0, 0.05) is 73.5 Å². The molecule has 77 heavy (non-hydrogen) atoms. The number of rotatable bonds is 39. The molecular formula is C53H88N3O18PS2. The van der Waals surface area contributed by atoms with E-state index in [1.807, 2.05) is 45.2 Å². The van der Waals surface area contributed by atoms with Gasteiger partial charge in [-0.25, -0.2) is 9.25 Å². The molecule has 0 radical (unpaired) electrons. The van der Waals surface area contributed by atoms with Crippen molar-refractivity contribution in [1.82, 2.24) is 15.0 Å². The van der Waals surface area contributed by atoms with Crippen LogP contribution in [0.3, 0.4) is 0 Å². The van der Waals surface area contributed by atoms with Crippen molar-refractivity contribution in [1.29, 1.82) is 0 Å². The van der Waals surface area contributed by atoms with Crippen LogP contribution in [0.1, 0.15) is 91.8 Å². The van der Waals surface area contributed by atoms with Gasteiger partial charge in [0.15, 0.2) is 0 Å². The number of aromatic nitrogens is 3. The summed E-state index contributed by atoms with van der Waals surface area (Å²) in [4.78, 5) is 26.5. The number of phosphoric acid groups is 1. The highest BCUT2D eigenvalue weighted by atomic mass is 33.1. The summed E-state index contributed by atoms with van der Waals surface area (Å²) in [6.45, 7) is 17.3. The number of ether oxygens (including phenoxy) is 9. The largest absolute Gasteiger partial charge is 0.475 e. The quantitative estimate of drug-likeness (QED) is 0.0401. The first kappa shape index (κ1) is 65.8. The molecule has 3 aliphatic rings. The van der Waals surface area contributed by atoms with Gasteiger partial charge in [0.2, 0.25) is 0 Å². The van der Waals surface area contributed by atoms with Crippen LogP contribution in [0.4, 0.5) is 0 Å². The number of ketones is 2. The van der Waals surface area contributed by atoms with E-state index >= 15 is 0 Å². The molecule has 14 atom stereocenters. The molecule has 0 saturated carbocycles. The third-order valence-electron chi connectivity index (χ3n) is 14.4. The van der Waals surface area contributed by atoms with E-state index in [2.05, 4.69) is 37.1 Å². The zero-order chi connectivity index (χ0) is 56.0. The number of phosphoric ester groups is 1. The van der Waals surface area contributed by atoms with E-state index in [0.717, 1.165) is 16.2 Å². The molecule has 0 aliphatic carbocycles. The number of methoxy groups -OCH3 is 2. The third-order valence-corrected chi connectivity index (χ3v) is 19.3. The topological polar surface area (TPSA) is 253 Å². The molecule has 0 bridgehead atoms. The van der Waals surface area contributed by atoms with Crippen molar-refractivity contribution in [3.63, 3.8) is 0 Å². The van der Waals surface area contributed by atoms with Crippen LogP contribution in [0.25, 0.3) is 0 Å². The Bertz CT molecular complexity index is 2080. The summed E-state index contributed by atoms with van der Waals surface area (Å²) in [5.74, 6) is -0.327. The van der Waals surface area contributed by atoms with E-state index in [0.29, 0.717) is 84.9 Å². The first-order valence-electron chi connectivity index (χ1n) is 27.1. The number of hydrogen-bond acceptors (Lipinski definition) is 22. The normalized spacial score (nSPS) is 28.5. The van der Waals surface area contributed by atoms with Crippen LogP contribution >= 0.6 is 29.4 Å². The van der Waals surface area contributed by atoms with Gasteiger partial charge >= 0.3 is 7.82 Å². The minimum Gasteiger partial charge on any atom is -0.394 e. The zero-order valence-electron chi connectivity index (χ0n) is 46.6. The molecule has 1 aromatic carbocycles. The Morgan fingerprint density at radius 3 is 2.01 bits per heavy atom. The lowest BCUT2D eigenvalue weighted by atomic mass is 9.86. The number of Topliss-reactive ketones (excluding diaryl/α,β-unsaturated/α-hetero) is 2. The smallest absolute Gasteiger partial charge is 0.394 e. The third kappa shape index (κ3) is 21.7. The molecule has 3 fully saturated rings. The Kier molecular flexibility index (Phi) is 28.9. The molecule has 5 rings (SSSR count). The minimum absolute atomic E-state index is 0.0272. The maximum absolute atomic E-state index is 14.5. The van der Waals surface area contributed by atoms with Gasteiger partial charge in [-0.05, 0) is 58.6 Å². The van der Waals surface area contributed by atoms with E-state index in [9.17, 15) is 29.5 Å². The van der Waals surface area contributed by atoms with Crippen LogP contribution in [-0.2, 0) is 89.7 Å². The van der Waals surface area contributed by atoms with Gasteiger partial charge in [0.1, 0.15) is 42.1 Å². The lowest BCUT2D eigenvalue weighted by molar-refractivity contribution is -0.206. The maximum atomic E-state index is 14.5. The average molecular weight is 1150 g/mol. The monoisotopic (exact) mass is 1150 g/mol. The Morgan fingerprint density at radius 1 is 0.714 bits per heavy atom. The Balaban J connectivity index is 0.913. The Labute approximate surface area is 463 Å². The summed E-state index contributed by atoms with van der Waals surface area (Å²) in [7, 11) is 2.45. The SMILES string of the molecule is COCC1OC(C)C(C)C1OP(=O)(OCCc1ccccc1SSC(C)(C)CCC(=O)CCc1cn(CCOCCOCCOCCOCCC(=O)CC2OC(CO)C(O)C(O)C2C)nn1)OCC1OC(C)C(C)C1OC. The van der Waals surface area contributed by atoms with Gasteiger partial charge in [-0.3, -0.25) is 23.2 Å². The average Bonchev–Trinajstić information content (AvgIpc) is 4.07. The molecular weight excluding hydrogens is 1060 g/mol. The van der Waals surface area contributed by atoms with E-state index in [1.165, 1.54) is 0 Å². The number of aliphatic hydroxyl groups is 3. The number of carbonyl (C=O) groups excluding carboxylic acids is 2. The molecule has 2 aromatic rings. The Hall–Kier alpha value is -1.97. The van der Waals surface area contributed by atoms with Crippen molar-refractivity contribution in [2.75, 3.05) is 93.5 Å². The highest BCUT2D eigenvalue weighted by Crippen LogP contribution is 2.54. The van der Waals surface area contributed by atoms with Gasteiger partial charge in [-0.2, -0.15) is 0 Å². The number of carbonyl (C=O) groups is 2. The fraction of sp³-hybridized carbons (Fsp3) is 0.811. The molecule has 4 heterocycles. The van der Waals surface area contributed by atoms with E-state index in [4.69, 9.17) is 56.2 Å². The van der Waals surface area contributed by atoms with Crippen LogP contribution < -0.4 is 0 Å². The fourth-order valence-electron chi connectivity index (χ4n) is 9.19. The van der Waals surface area contributed by atoms with E-state index in [-0.39, 0.29) is 85.7 Å². The Morgan fingerprint density at radius 2 is 1.35 bits per heavy atom. The summed E-state index contributed by atoms with van der Waals surface area (Å²) >= 11 is 0. The number of hydrogen-bond donors (Lipinski definition) is 3. The lowest BCUT2D eigenvalue weighted by Crippen LogP contribution is -2.55. The molecule has 14 unspecified atom stereocenters. The molecule has 3 N–H and O–H groups in total. The number of benzene rings is 1. The van der Waals surface area contributed by atoms with Crippen molar-refractivity contribution in [2.45, 2.75) is 171 Å². The molecule has 21 nitrogen and oxygen atoms in total. The zero-order valence-corrected chi connectivity index (χ0v) is 49.1. The summed E-state index contributed by atoms with van der Waals surface area (Å²) in [6, 6.07) is 8.04. The molecule has 440 valence electrons. The summed E-state index contributed by atoms with van der Waals surface area (Å²) in [5, 5.41) is 38.0. The van der Waals surface area contributed by atoms with E-state index < -0.39 is 63.1 Å². The summed E-state index contributed by atoms with van der Waals surface area (Å²) in [6.07, 6.45) is -1.08. The predicted molar refractivity (Wildman–Crippen MR) is 289 cm³/mol. The molecule has 24 heteroatoms. The minimum atomic E-state index is -4.13. The second-order valence-corrected chi connectivity index (χ2v) is 25.3. The van der Waals surface area contributed by atoms with Crippen LogP contribution in [0.2, 0.25) is 0 Å². The fourth-order valence-corrected chi connectivity index (χ4v) is 13.3. The van der Waals surface area contributed by atoms with Gasteiger partial charge in [0.05, 0.1) is 122 Å². The first-order valence-corrected chi connectivity index (χ1v) is 30.7. The van der Waals surface area contributed by atoms with Crippen molar-refractivity contribution in [2.24, 2.45) is 17.8 Å².